The number of benzene rings is 1. The minimum atomic E-state index is 0.133. The van der Waals surface area contributed by atoms with Crippen LogP contribution < -0.4 is 0 Å². The average molecular weight is 360 g/mol. The number of halogens is 1. The molecule has 1 amide bonds. The number of fused-ring (bicyclic) bond motifs is 1. The number of hydrogen-bond acceptors (Lipinski definition) is 2. The number of carbonyl (C=O) groups is 1. The molecule has 4 nitrogen and oxygen atoms in total. The van der Waals surface area contributed by atoms with Gasteiger partial charge in [-0.3, -0.25) is 9.48 Å². The Labute approximate surface area is 154 Å². The van der Waals surface area contributed by atoms with Crippen molar-refractivity contribution in [2.24, 2.45) is 0 Å². The lowest BCUT2D eigenvalue weighted by molar-refractivity contribution is -0.134. The lowest BCUT2D eigenvalue weighted by Crippen LogP contribution is -2.45. The molecular weight excluding hydrogens is 334 g/mol. The van der Waals surface area contributed by atoms with E-state index in [-0.39, 0.29) is 18.5 Å². The van der Waals surface area contributed by atoms with Crippen LogP contribution >= 0.6 is 11.6 Å². The van der Waals surface area contributed by atoms with Gasteiger partial charge in [-0.25, -0.2) is 0 Å². The Bertz CT molecular complexity index is 768. The number of nitrogens with zero attached hydrogens (tertiary/aromatic N) is 3. The molecule has 0 fully saturated rings. The zero-order valence-corrected chi connectivity index (χ0v) is 16.0. The first-order valence-electron chi connectivity index (χ1n) is 9.07. The summed E-state index contributed by atoms with van der Waals surface area (Å²) in [7, 11) is 0. The van der Waals surface area contributed by atoms with Gasteiger partial charge >= 0.3 is 0 Å². The van der Waals surface area contributed by atoms with E-state index in [4.69, 9.17) is 11.6 Å². The summed E-state index contributed by atoms with van der Waals surface area (Å²) in [6.45, 7) is 6.96. The van der Waals surface area contributed by atoms with Gasteiger partial charge in [0.15, 0.2) is 0 Å². The number of amides is 1. The van der Waals surface area contributed by atoms with Gasteiger partial charge in [0.1, 0.15) is 6.54 Å². The Kier molecular flexibility index (Phi) is 5.48. The number of carbonyl (C=O) groups excluding carboxylic acids is 1. The molecule has 1 atom stereocenters. The molecule has 1 aliphatic carbocycles. The molecule has 1 aromatic carbocycles. The van der Waals surface area contributed by atoms with Crippen molar-refractivity contribution in [1.29, 1.82) is 0 Å². The molecule has 0 bridgehead atoms. The largest absolute Gasteiger partial charge is 0.338 e. The fourth-order valence-electron chi connectivity index (χ4n) is 3.74. The van der Waals surface area contributed by atoms with Gasteiger partial charge in [-0.15, -0.1) is 0 Å². The second kappa shape index (κ2) is 7.61. The summed E-state index contributed by atoms with van der Waals surface area (Å²) in [4.78, 5) is 15.1. The summed E-state index contributed by atoms with van der Waals surface area (Å²) >= 11 is 6.22. The van der Waals surface area contributed by atoms with E-state index in [9.17, 15) is 4.79 Å². The Hall–Kier alpha value is -1.81. The van der Waals surface area contributed by atoms with Crippen LogP contribution in [0.25, 0.3) is 0 Å². The van der Waals surface area contributed by atoms with E-state index in [1.807, 2.05) is 13.8 Å². The smallest absolute Gasteiger partial charge is 0.244 e. The quantitative estimate of drug-likeness (QED) is 0.810. The Morgan fingerprint density at radius 3 is 2.68 bits per heavy atom. The molecule has 0 radical (unpaired) electrons. The summed E-state index contributed by atoms with van der Waals surface area (Å²) < 4.78 is 1.74. The van der Waals surface area contributed by atoms with Crippen molar-refractivity contribution < 1.29 is 4.79 Å². The van der Waals surface area contributed by atoms with Crippen LogP contribution in [0.4, 0.5) is 0 Å². The van der Waals surface area contributed by atoms with Crippen LogP contribution in [0.3, 0.4) is 0 Å². The van der Waals surface area contributed by atoms with Gasteiger partial charge < -0.3 is 4.90 Å². The molecule has 0 saturated carbocycles. The number of rotatable bonds is 5. The zero-order valence-electron chi connectivity index (χ0n) is 15.3. The monoisotopic (exact) mass is 359 g/mol. The molecule has 0 spiro atoms. The van der Waals surface area contributed by atoms with Gasteiger partial charge in [0.2, 0.25) is 5.91 Å². The maximum atomic E-state index is 13.0. The molecule has 0 aliphatic heterocycles. The van der Waals surface area contributed by atoms with Crippen molar-refractivity contribution in [2.45, 2.75) is 59.0 Å². The van der Waals surface area contributed by atoms with Crippen molar-refractivity contribution in [1.82, 2.24) is 14.7 Å². The highest BCUT2D eigenvalue weighted by Gasteiger charge is 2.27. The third-order valence-electron chi connectivity index (χ3n) is 5.12. The summed E-state index contributed by atoms with van der Waals surface area (Å²) in [6.07, 6.45) is 3.97. The summed E-state index contributed by atoms with van der Waals surface area (Å²) in [5.74, 6) is 0.133. The van der Waals surface area contributed by atoms with E-state index >= 15 is 0 Å². The number of aryl methyl sites for hydroxylation is 2. The normalized spacial score (nSPS) is 16.6. The maximum Gasteiger partial charge on any atom is 0.244 e. The molecule has 1 heterocycles. The minimum Gasteiger partial charge on any atom is -0.338 e. The highest BCUT2D eigenvalue weighted by Crippen LogP contribution is 2.25. The molecule has 0 saturated heterocycles. The van der Waals surface area contributed by atoms with Gasteiger partial charge in [0.05, 0.1) is 16.4 Å². The van der Waals surface area contributed by atoms with Gasteiger partial charge in [0.25, 0.3) is 0 Å². The topological polar surface area (TPSA) is 38.1 Å². The molecular formula is C20H26ClN3O. The van der Waals surface area contributed by atoms with Crippen LogP contribution in [0.15, 0.2) is 24.3 Å². The predicted molar refractivity (Wildman–Crippen MR) is 101 cm³/mol. The van der Waals surface area contributed by atoms with Crippen LogP contribution in [0.5, 0.6) is 0 Å². The summed E-state index contributed by atoms with van der Waals surface area (Å²) in [5, 5.41) is 5.06. The van der Waals surface area contributed by atoms with Crippen molar-refractivity contribution in [3.8, 4) is 0 Å². The molecule has 0 N–H and O–H groups in total. The van der Waals surface area contributed by atoms with Crippen molar-refractivity contribution in [2.75, 3.05) is 6.54 Å². The van der Waals surface area contributed by atoms with E-state index < -0.39 is 0 Å². The van der Waals surface area contributed by atoms with Gasteiger partial charge in [-0.2, -0.15) is 5.10 Å². The standard InChI is InChI=1S/C20H26ClN3O/c1-4-11-23(18-10-9-16-7-5-6-8-17(16)12-18)19(25)13-24-15(3)20(21)14(2)22-24/h5-8,18H,4,9-13H2,1-3H3. The molecule has 5 heteroatoms. The van der Waals surface area contributed by atoms with Crippen molar-refractivity contribution in [3.63, 3.8) is 0 Å². The highest BCUT2D eigenvalue weighted by molar-refractivity contribution is 6.31. The van der Waals surface area contributed by atoms with Gasteiger partial charge in [0, 0.05) is 12.6 Å². The number of hydrogen-bond donors (Lipinski definition) is 0. The third-order valence-corrected chi connectivity index (χ3v) is 5.67. The Morgan fingerprint density at radius 2 is 2.04 bits per heavy atom. The minimum absolute atomic E-state index is 0.133. The van der Waals surface area contributed by atoms with Gasteiger partial charge in [-0.05, 0) is 50.7 Å². The van der Waals surface area contributed by atoms with Crippen LogP contribution in [0, 0.1) is 13.8 Å². The third kappa shape index (κ3) is 3.74. The van der Waals surface area contributed by atoms with Crippen LogP contribution in [0.2, 0.25) is 5.02 Å². The molecule has 1 aliphatic rings. The van der Waals surface area contributed by atoms with Crippen molar-refractivity contribution in [3.05, 3.63) is 51.8 Å². The molecule has 134 valence electrons. The lowest BCUT2D eigenvalue weighted by Gasteiger charge is -2.35. The SMILES string of the molecule is CCCN(C(=O)Cn1nc(C)c(Cl)c1C)C1CCc2ccccc2C1. The van der Waals surface area contributed by atoms with Crippen LogP contribution in [-0.2, 0) is 24.2 Å². The summed E-state index contributed by atoms with van der Waals surface area (Å²) in [6, 6.07) is 8.85. The molecule has 3 rings (SSSR count). The first-order chi connectivity index (χ1) is 12.0. The molecule has 1 aromatic heterocycles. The van der Waals surface area contributed by atoms with Crippen LogP contribution in [0.1, 0.15) is 42.3 Å². The molecule has 25 heavy (non-hydrogen) atoms. The zero-order chi connectivity index (χ0) is 18.0. The Balaban J connectivity index is 1.76. The van der Waals surface area contributed by atoms with E-state index in [1.165, 1.54) is 11.1 Å². The van der Waals surface area contributed by atoms with E-state index in [2.05, 4.69) is 41.2 Å². The predicted octanol–water partition coefficient (Wildman–Crippen LogP) is 3.95. The number of aromatic nitrogens is 2. The maximum absolute atomic E-state index is 13.0. The fourth-order valence-corrected chi connectivity index (χ4v) is 3.88. The fraction of sp³-hybridized carbons (Fsp3) is 0.500. The molecule has 1 unspecified atom stereocenters. The Morgan fingerprint density at radius 1 is 1.32 bits per heavy atom. The second-order valence-corrected chi connectivity index (χ2v) is 7.27. The van der Waals surface area contributed by atoms with Crippen LogP contribution in [-0.4, -0.2) is 33.2 Å². The van der Waals surface area contributed by atoms with E-state index in [1.54, 1.807) is 4.68 Å². The summed E-state index contributed by atoms with van der Waals surface area (Å²) in [5.41, 5.74) is 4.44. The molecule has 2 aromatic rings. The van der Waals surface area contributed by atoms with E-state index in [0.29, 0.717) is 5.02 Å². The lowest BCUT2D eigenvalue weighted by atomic mass is 9.87. The van der Waals surface area contributed by atoms with Crippen molar-refractivity contribution >= 4 is 17.5 Å². The highest BCUT2D eigenvalue weighted by atomic mass is 35.5. The first kappa shape index (κ1) is 18.0. The first-order valence-corrected chi connectivity index (χ1v) is 9.44. The van der Waals surface area contributed by atoms with Gasteiger partial charge in [-0.1, -0.05) is 42.8 Å². The van der Waals surface area contributed by atoms with E-state index in [0.717, 1.165) is 43.6 Å². The second-order valence-electron chi connectivity index (χ2n) is 6.89. The average Bonchev–Trinajstić information content (AvgIpc) is 2.86.